The number of carbonyl (C=O) groups excluding carboxylic acids is 2. The molecule has 3 rings (SSSR count). The minimum atomic E-state index is 0.0300. The lowest BCUT2D eigenvalue weighted by Gasteiger charge is -2.33. The zero-order chi connectivity index (χ0) is 16.4. The van der Waals surface area contributed by atoms with Crippen LogP contribution in [0.1, 0.15) is 31.2 Å². The molecule has 0 radical (unpaired) electrons. The Labute approximate surface area is 142 Å². The van der Waals surface area contributed by atoms with E-state index < -0.39 is 0 Å². The highest BCUT2D eigenvalue weighted by Crippen LogP contribution is 2.32. The molecule has 1 aromatic rings. The number of halogens is 1. The summed E-state index contributed by atoms with van der Waals surface area (Å²) in [6.45, 7) is 2.01. The van der Waals surface area contributed by atoms with Gasteiger partial charge in [-0.25, -0.2) is 0 Å². The average molecular weight is 335 g/mol. The Morgan fingerprint density at radius 2 is 1.87 bits per heavy atom. The molecule has 1 saturated heterocycles. The largest absolute Gasteiger partial charge is 0.342 e. The van der Waals surface area contributed by atoms with Crippen molar-refractivity contribution in [3.8, 4) is 0 Å². The first-order chi connectivity index (χ1) is 11.0. The van der Waals surface area contributed by atoms with Gasteiger partial charge in [-0.3, -0.25) is 9.59 Å². The molecule has 1 aromatic carbocycles. The van der Waals surface area contributed by atoms with Gasteiger partial charge in [-0.15, -0.1) is 0 Å². The van der Waals surface area contributed by atoms with E-state index in [9.17, 15) is 9.59 Å². The van der Waals surface area contributed by atoms with Gasteiger partial charge in [-0.2, -0.15) is 0 Å². The fraction of sp³-hybridized carbons (Fsp3) is 0.556. The maximum Gasteiger partial charge on any atom is 0.225 e. The van der Waals surface area contributed by atoms with Crippen LogP contribution in [0.5, 0.6) is 0 Å². The Balaban J connectivity index is 1.51. The minimum Gasteiger partial charge on any atom is -0.342 e. The topological polar surface area (TPSA) is 40.6 Å². The summed E-state index contributed by atoms with van der Waals surface area (Å²) in [5, 5.41) is 0.690. The Kier molecular flexibility index (Phi) is 4.90. The second kappa shape index (κ2) is 6.91. The smallest absolute Gasteiger partial charge is 0.225 e. The molecular weight excluding hydrogens is 312 g/mol. The Hall–Kier alpha value is -1.55. The number of nitrogens with zero attached hydrogens (tertiary/aromatic N) is 2. The van der Waals surface area contributed by atoms with Gasteiger partial charge in [0.1, 0.15) is 0 Å². The normalized spacial score (nSPS) is 18.8. The Morgan fingerprint density at radius 3 is 2.48 bits per heavy atom. The van der Waals surface area contributed by atoms with Crippen molar-refractivity contribution >= 4 is 23.4 Å². The molecule has 0 atom stereocenters. The van der Waals surface area contributed by atoms with Crippen LogP contribution >= 0.6 is 11.6 Å². The molecule has 0 bridgehead atoms. The highest BCUT2D eigenvalue weighted by Gasteiger charge is 2.36. The van der Waals surface area contributed by atoms with Crippen molar-refractivity contribution in [1.82, 2.24) is 9.80 Å². The maximum atomic E-state index is 12.6. The van der Waals surface area contributed by atoms with Gasteiger partial charge in [0, 0.05) is 43.5 Å². The summed E-state index contributed by atoms with van der Waals surface area (Å²) in [7, 11) is 1.84. The first kappa shape index (κ1) is 16.3. The van der Waals surface area contributed by atoms with Gasteiger partial charge in [0.2, 0.25) is 11.8 Å². The number of hydrogen-bond acceptors (Lipinski definition) is 2. The van der Waals surface area contributed by atoms with Crippen LogP contribution in [-0.2, 0) is 16.1 Å². The number of amides is 2. The van der Waals surface area contributed by atoms with Crippen LogP contribution in [0, 0.1) is 11.8 Å². The summed E-state index contributed by atoms with van der Waals surface area (Å²) in [5.41, 5.74) is 1.04. The number of benzene rings is 1. The van der Waals surface area contributed by atoms with Gasteiger partial charge in [0.05, 0.1) is 0 Å². The minimum absolute atomic E-state index is 0.0300. The first-order valence-corrected chi connectivity index (χ1v) is 8.70. The fourth-order valence-electron chi connectivity index (χ4n) is 3.23. The third-order valence-corrected chi connectivity index (χ3v) is 5.00. The van der Waals surface area contributed by atoms with Crippen LogP contribution in [-0.4, -0.2) is 41.8 Å². The summed E-state index contributed by atoms with van der Waals surface area (Å²) in [4.78, 5) is 28.4. The van der Waals surface area contributed by atoms with Crippen LogP contribution in [0.25, 0.3) is 0 Å². The molecule has 1 saturated carbocycles. The van der Waals surface area contributed by atoms with Crippen LogP contribution in [0.2, 0.25) is 5.02 Å². The van der Waals surface area contributed by atoms with Gasteiger partial charge >= 0.3 is 0 Å². The zero-order valence-electron chi connectivity index (χ0n) is 13.5. The second-order valence-electron chi connectivity index (χ2n) is 6.70. The van der Waals surface area contributed by atoms with Crippen molar-refractivity contribution < 1.29 is 9.59 Å². The van der Waals surface area contributed by atoms with E-state index in [-0.39, 0.29) is 17.7 Å². The molecule has 5 heteroatoms. The number of rotatable bonds is 4. The van der Waals surface area contributed by atoms with Crippen molar-refractivity contribution in [1.29, 1.82) is 0 Å². The van der Waals surface area contributed by atoms with Crippen molar-refractivity contribution in [3.05, 3.63) is 34.9 Å². The number of carbonyl (C=O) groups is 2. The van der Waals surface area contributed by atoms with E-state index >= 15 is 0 Å². The molecule has 0 spiro atoms. The van der Waals surface area contributed by atoms with Crippen molar-refractivity contribution in [2.24, 2.45) is 11.8 Å². The maximum absolute atomic E-state index is 12.6. The molecule has 2 aliphatic rings. The van der Waals surface area contributed by atoms with E-state index in [1.165, 1.54) is 0 Å². The number of likely N-dealkylation sites (tertiary alicyclic amines) is 1. The third kappa shape index (κ3) is 4.05. The Morgan fingerprint density at radius 1 is 1.17 bits per heavy atom. The molecule has 1 heterocycles. The molecule has 0 unspecified atom stereocenters. The summed E-state index contributed by atoms with van der Waals surface area (Å²) < 4.78 is 0. The van der Waals surface area contributed by atoms with E-state index in [2.05, 4.69) is 0 Å². The lowest BCUT2D eigenvalue weighted by Crippen LogP contribution is -2.43. The standard InChI is InChI=1S/C18H23ClN2O2/c1-20(12-13-3-2-4-16(19)11-13)17(22)15-7-9-21(10-8-15)18(23)14-5-6-14/h2-4,11,14-15H,5-10,12H2,1H3. The van der Waals surface area contributed by atoms with Crippen LogP contribution < -0.4 is 0 Å². The lowest BCUT2D eigenvalue weighted by molar-refractivity contribution is -0.140. The van der Waals surface area contributed by atoms with Crippen molar-refractivity contribution in [2.75, 3.05) is 20.1 Å². The molecule has 4 nitrogen and oxygen atoms in total. The predicted molar refractivity (Wildman–Crippen MR) is 90.0 cm³/mol. The van der Waals surface area contributed by atoms with Gasteiger partial charge in [0.15, 0.2) is 0 Å². The van der Waals surface area contributed by atoms with Crippen LogP contribution in [0.15, 0.2) is 24.3 Å². The molecule has 2 amide bonds. The van der Waals surface area contributed by atoms with Gasteiger partial charge in [0.25, 0.3) is 0 Å². The fourth-order valence-corrected chi connectivity index (χ4v) is 3.45. The van der Waals surface area contributed by atoms with Crippen molar-refractivity contribution in [3.63, 3.8) is 0 Å². The lowest BCUT2D eigenvalue weighted by atomic mass is 9.95. The van der Waals surface area contributed by atoms with Crippen molar-refractivity contribution in [2.45, 2.75) is 32.2 Å². The predicted octanol–water partition coefficient (Wildman–Crippen LogP) is 2.95. The second-order valence-corrected chi connectivity index (χ2v) is 7.13. The van der Waals surface area contributed by atoms with E-state index in [4.69, 9.17) is 11.6 Å². The Bertz CT molecular complexity index is 592. The summed E-state index contributed by atoms with van der Waals surface area (Å²) in [6, 6.07) is 7.60. The molecule has 1 aliphatic carbocycles. The average Bonchev–Trinajstić information content (AvgIpc) is 3.38. The molecule has 0 N–H and O–H groups in total. The third-order valence-electron chi connectivity index (χ3n) is 4.77. The molecule has 1 aliphatic heterocycles. The SMILES string of the molecule is CN(Cc1cccc(Cl)c1)C(=O)C1CCN(C(=O)C2CC2)CC1. The molecular formula is C18H23ClN2O2. The van der Waals surface area contributed by atoms with E-state index in [1.54, 1.807) is 4.90 Å². The quantitative estimate of drug-likeness (QED) is 0.849. The highest BCUT2D eigenvalue weighted by molar-refractivity contribution is 6.30. The summed E-state index contributed by atoms with van der Waals surface area (Å²) >= 11 is 5.99. The molecule has 0 aromatic heterocycles. The van der Waals surface area contributed by atoms with E-state index in [0.717, 1.165) is 44.3 Å². The molecule has 124 valence electrons. The van der Waals surface area contributed by atoms with Gasteiger partial charge in [-0.05, 0) is 43.4 Å². The van der Waals surface area contributed by atoms with Gasteiger partial charge < -0.3 is 9.80 Å². The van der Waals surface area contributed by atoms with Gasteiger partial charge in [-0.1, -0.05) is 23.7 Å². The summed E-state index contributed by atoms with van der Waals surface area (Å²) in [5.74, 6) is 0.766. The van der Waals surface area contributed by atoms with Crippen LogP contribution in [0.4, 0.5) is 0 Å². The number of hydrogen-bond donors (Lipinski definition) is 0. The van der Waals surface area contributed by atoms with E-state index in [1.807, 2.05) is 36.2 Å². The highest BCUT2D eigenvalue weighted by atomic mass is 35.5. The van der Waals surface area contributed by atoms with Crippen LogP contribution in [0.3, 0.4) is 0 Å². The number of piperidine rings is 1. The first-order valence-electron chi connectivity index (χ1n) is 8.33. The monoisotopic (exact) mass is 334 g/mol. The zero-order valence-corrected chi connectivity index (χ0v) is 14.3. The molecule has 23 heavy (non-hydrogen) atoms. The summed E-state index contributed by atoms with van der Waals surface area (Å²) in [6.07, 6.45) is 3.63. The van der Waals surface area contributed by atoms with E-state index in [0.29, 0.717) is 17.5 Å². The molecule has 2 fully saturated rings.